The standard InChI is InChI=1S/C25H23FN2O2/c1-2-17-7-13-21(14-8-17)27-24(29)15-23(18-9-11-20(26)12-10-18)28-16-19-5-3-4-6-22(19)25(28)30/h3-14,23H,2,15-16H2,1H3,(H,27,29)/t23-/m1/s1. The maximum atomic E-state index is 13.5. The summed E-state index contributed by atoms with van der Waals surface area (Å²) in [6.07, 6.45) is 1.01. The van der Waals surface area contributed by atoms with Crippen molar-refractivity contribution in [2.75, 3.05) is 5.32 Å². The van der Waals surface area contributed by atoms with Gasteiger partial charge in [0.05, 0.1) is 12.5 Å². The molecule has 0 aromatic heterocycles. The molecule has 5 heteroatoms. The first-order valence-electron chi connectivity index (χ1n) is 10.1. The second kappa shape index (κ2) is 8.49. The lowest BCUT2D eigenvalue weighted by molar-refractivity contribution is -0.117. The number of carbonyl (C=O) groups excluding carboxylic acids is 2. The van der Waals surface area contributed by atoms with Crippen LogP contribution in [0.4, 0.5) is 10.1 Å². The van der Waals surface area contributed by atoms with Crippen LogP contribution in [0.15, 0.2) is 72.8 Å². The Balaban J connectivity index is 1.57. The lowest BCUT2D eigenvalue weighted by atomic mass is 10.0. The van der Waals surface area contributed by atoms with Crippen molar-refractivity contribution in [2.24, 2.45) is 0 Å². The van der Waals surface area contributed by atoms with Crippen molar-refractivity contribution in [1.29, 1.82) is 0 Å². The van der Waals surface area contributed by atoms with Crippen molar-refractivity contribution >= 4 is 17.5 Å². The zero-order valence-corrected chi connectivity index (χ0v) is 16.8. The minimum atomic E-state index is -0.486. The van der Waals surface area contributed by atoms with E-state index in [0.29, 0.717) is 17.8 Å². The summed E-state index contributed by atoms with van der Waals surface area (Å²) < 4.78 is 13.5. The van der Waals surface area contributed by atoms with E-state index in [1.807, 2.05) is 42.5 Å². The minimum absolute atomic E-state index is 0.0842. The third kappa shape index (κ3) is 4.10. The number of amides is 2. The molecule has 3 aromatic rings. The zero-order valence-electron chi connectivity index (χ0n) is 16.8. The Kier molecular flexibility index (Phi) is 5.61. The van der Waals surface area contributed by atoms with Gasteiger partial charge in [0.15, 0.2) is 0 Å². The first-order chi connectivity index (χ1) is 14.5. The molecule has 0 saturated heterocycles. The Morgan fingerprint density at radius 2 is 1.73 bits per heavy atom. The van der Waals surface area contributed by atoms with Crippen molar-refractivity contribution in [3.63, 3.8) is 0 Å². The summed E-state index contributed by atoms with van der Waals surface area (Å²) in [5.74, 6) is -0.661. The summed E-state index contributed by atoms with van der Waals surface area (Å²) in [6.45, 7) is 2.50. The fourth-order valence-electron chi connectivity index (χ4n) is 3.83. The largest absolute Gasteiger partial charge is 0.327 e. The Morgan fingerprint density at radius 1 is 1.03 bits per heavy atom. The molecule has 1 aliphatic rings. The monoisotopic (exact) mass is 402 g/mol. The molecule has 0 saturated carbocycles. The number of fused-ring (bicyclic) bond motifs is 1. The Labute approximate surface area is 175 Å². The Morgan fingerprint density at radius 3 is 2.40 bits per heavy atom. The highest BCUT2D eigenvalue weighted by Crippen LogP contribution is 2.33. The van der Waals surface area contributed by atoms with Crippen molar-refractivity contribution in [1.82, 2.24) is 4.90 Å². The summed E-state index contributed by atoms with van der Waals surface area (Å²) in [5.41, 5.74) is 4.23. The van der Waals surface area contributed by atoms with Gasteiger partial charge in [-0.1, -0.05) is 49.4 Å². The van der Waals surface area contributed by atoms with Crippen molar-refractivity contribution < 1.29 is 14.0 Å². The number of hydrogen-bond acceptors (Lipinski definition) is 2. The molecule has 0 unspecified atom stereocenters. The predicted molar refractivity (Wildman–Crippen MR) is 115 cm³/mol. The van der Waals surface area contributed by atoms with Crippen LogP contribution in [0.1, 0.15) is 46.4 Å². The number of nitrogens with zero attached hydrogens (tertiary/aromatic N) is 1. The number of nitrogens with one attached hydrogen (secondary N) is 1. The van der Waals surface area contributed by atoms with E-state index in [-0.39, 0.29) is 24.1 Å². The number of rotatable bonds is 6. The predicted octanol–water partition coefficient (Wildman–Crippen LogP) is 5.11. The van der Waals surface area contributed by atoms with Gasteiger partial charge in [0.25, 0.3) is 5.91 Å². The van der Waals surface area contributed by atoms with Gasteiger partial charge < -0.3 is 10.2 Å². The Hall–Kier alpha value is -3.47. The van der Waals surface area contributed by atoms with E-state index in [2.05, 4.69) is 12.2 Å². The molecular weight excluding hydrogens is 379 g/mol. The van der Waals surface area contributed by atoms with E-state index in [1.165, 1.54) is 17.7 Å². The van der Waals surface area contributed by atoms with Crippen molar-refractivity contribution in [3.05, 3.63) is 101 Å². The SMILES string of the molecule is CCc1ccc(NC(=O)C[C@H](c2ccc(F)cc2)N2Cc3ccccc3C2=O)cc1. The quantitative estimate of drug-likeness (QED) is 0.623. The summed E-state index contributed by atoms with van der Waals surface area (Å²) in [6, 6.07) is 20.7. The van der Waals surface area contributed by atoms with Gasteiger partial charge in [0.1, 0.15) is 5.82 Å². The second-order valence-corrected chi connectivity index (χ2v) is 7.46. The molecule has 0 bridgehead atoms. The summed E-state index contributed by atoms with van der Waals surface area (Å²) in [5, 5.41) is 2.91. The normalized spacial score (nSPS) is 13.8. The highest BCUT2D eigenvalue weighted by Gasteiger charge is 2.34. The molecule has 0 aliphatic carbocycles. The van der Waals surface area contributed by atoms with E-state index < -0.39 is 6.04 Å². The van der Waals surface area contributed by atoms with Crippen molar-refractivity contribution in [3.8, 4) is 0 Å². The number of carbonyl (C=O) groups is 2. The van der Waals surface area contributed by atoms with Crippen LogP contribution in [0, 0.1) is 5.82 Å². The number of hydrogen-bond donors (Lipinski definition) is 1. The van der Waals surface area contributed by atoms with Gasteiger partial charge in [-0.2, -0.15) is 0 Å². The third-order valence-electron chi connectivity index (χ3n) is 5.51. The summed E-state index contributed by atoms with van der Waals surface area (Å²) >= 11 is 0. The van der Waals surface area contributed by atoms with Gasteiger partial charge in [-0.3, -0.25) is 9.59 Å². The number of anilines is 1. The zero-order chi connectivity index (χ0) is 21.1. The van der Waals surface area contributed by atoms with E-state index in [4.69, 9.17) is 0 Å². The molecular formula is C25H23FN2O2. The molecule has 4 rings (SSSR count). The highest BCUT2D eigenvalue weighted by atomic mass is 19.1. The topological polar surface area (TPSA) is 49.4 Å². The number of benzene rings is 3. The molecule has 0 spiro atoms. The second-order valence-electron chi connectivity index (χ2n) is 7.46. The van der Waals surface area contributed by atoms with Gasteiger partial charge in [-0.05, 0) is 53.4 Å². The van der Waals surface area contributed by atoms with Gasteiger partial charge in [-0.25, -0.2) is 4.39 Å². The van der Waals surface area contributed by atoms with Crippen molar-refractivity contribution in [2.45, 2.75) is 32.4 Å². The average molecular weight is 402 g/mol. The maximum Gasteiger partial charge on any atom is 0.255 e. The first-order valence-corrected chi connectivity index (χ1v) is 10.1. The summed E-state index contributed by atoms with van der Waals surface area (Å²) in [4.78, 5) is 27.5. The van der Waals surface area contributed by atoms with Crippen LogP contribution in [0.2, 0.25) is 0 Å². The molecule has 2 amide bonds. The molecule has 30 heavy (non-hydrogen) atoms. The van der Waals surface area contributed by atoms with E-state index in [0.717, 1.165) is 17.5 Å². The smallest absolute Gasteiger partial charge is 0.255 e. The third-order valence-corrected chi connectivity index (χ3v) is 5.51. The molecule has 0 radical (unpaired) electrons. The van der Waals surface area contributed by atoms with Crippen LogP contribution < -0.4 is 5.32 Å². The highest BCUT2D eigenvalue weighted by molar-refractivity contribution is 5.99. The van der Waals surface area contributed by atoms with Gasteiger partial charge in [0.2, 0.25) is 5.91 Å². The van der Waals surface area contributed by atoms with E-state index in [1.54, 1.807) is 23.1 Å². The number of halogens is 1. The van der Waals surface area contributed by atoms with Crippen LogP contribution in [0.5, 0.6) is 0 Å². The molecule has 152 valence electrons. The maximum absolute atomic E-state index is 13.5. The Bertz CT molecular complexity index is 1060. The lowest BCUT2D eigenvalue weighted by Gasteiger charge is -2.28. The average Bonchev–Trinajstić information content (AvgIpc) is 3.10. The van der Waals surface area contributed by atoms with Crippen LogP contribution in [0.25, 0.3) is 0 Å². The molecule has 4 nitrogen and oxygen atoms in total. The number of aryl methyl sites for hydroxylation is 1. The van der Waals surface area contributed by atoms with E-state index in [9.17, 15) is 14.0 Å². The molecule has 1 atom stereocenters. The van der Waals surface area contributed by atoms with Gasteiger partial charge in [-0.15, -0.1) is 0 Å². The van der Waals surface area contributed by atoms with Gasteiger partial charge in [0, 0.05) is 17.8 Å². The van der Waals surface area contributed by atoms with Crippen LogP contribution in [-0.2, 0) is 17.8 Å². The molecule has 1 N–H and O–H groups in total. The molecule has 0 fully saturated rings. The van der Waals surface area contributed by atoms with Crippen LogP contribution in [-0.4, -0.2) is 16.7 Å². The summed E-state index contributed by atoms with van der Waals surface area (Å²) in [7, 11) is 0. The fraction of sp³-hybridized carbons (Fsp3) is 0.200. The minimum Gasteiger partial charge on any atom is -0.327 e. The lowest BCUT2D eigenvalue weighted by Crippen LogP contribution is -2.32. The first kappa shape index (κ1) is 19.8. The fourth-order valence-corrected chi connectivity index (χ4v) is 3.83. The van der Waals surface area contributed by atoms with E-state index >= 15 is 0 Å². The molecule has 3 aromatic carbocycles. The van der Waals surface area contributed by atoms with Crippen LogP contribution >= 0.6 is 0 Å². The molecule has 1 heterocycles. The van der Waals surface area contributed by atoms with Crippen LogP contribution in [0.3, 0.4) is 0 Å². The molecule has 1 aliphatic heterocycles. The van der Waals surface area contributed by atoms with Gasteiger partial charge >= 0.3 is 0 Å².